The fraction of sp³-hybridized carbons (Fsp3) is 0.619. The van der Waals surface area contributed by atoms with Gasteiger partial charge in [0.25, 0.3) is 0 Å². The van der Waals surface area contributed by atoms with E-state index >= 15 is 0 Å². The smallest absolute Gasteiger partial charge is 0.407 e. The molecule has 1 N–H and O–H groups in total. The van der Waals surface area contributed by atoms with Gasteiger partial charge in [0, 0.05) is 45.6 Å². The molecule has 2 aromatic heterocycles. The van der Waals surface area contributed by atoms with Crippen LogP contribution in [-0.4, -0.2) is 76.8 Å². The van der Waals surface area contributed by atoms with Gasteiger partial charge in [-0.3, -0.25) is 9.69 Å². The summed E-state index contributed by atoms with van der Waals surface area (Å²) in [7, 11) is 0. The van der Waals surface area contributed by atoms with E-state index in [1.165, 1.54) is 0 Å². The molecule has 0 atom stereocenters. The summed E-state index contributed by atoms with van der Waals surface area (Å²) in [5.74, 6) is 1.37. The topological polar surface area (TPSA) is 101 Å². The minimum atomic E-state index is -0.541. The second-order valence-corrected chi connectivity index (χ2v) is 9.44. The first-order valence-electron chi connectivity index (χ1n) is 10.6. The number of ether oxygens (including phenoxy) is 1. The molecule has 9 nitrogen and oxygen atoms in total. The highest BCUT2D eigenvalue weighted by Crippen LogP contribution is 2.21. The second kappa shape index (κ2) is 10.7. The standard InChI is InChI=1S/C21H31N5O4S/c1-21(2,3)29-20(28)22-9-8-18(27)26-13-11-25(12-14-26)10-4-7-17-23-19(24-30-17)16-6-5-15-31-16/h5-6,15H,4,7-14H2,1-3H3,(H,22,28). The van der Waals surface area contributed by atoms with Crippen molar-refractivity contribution in [1.29, 1.82) is 0 Å². The van der Waals surface area contributed by atoms with Gasteiger partial charge in [-0.2, -0.15) is 4.98 Å². The normalized spacial score (nSPS) is 15.1. The van der Waals surface area contributed by atoms with Gasteiger partial charge in [0.05, 0.1) is 4.88 Å². The van der Waals surface area contributed by atoms with Crippen LogP contribution in [0.4, 0.5) is 4.79 Å². The van der Waals surface area contributed by atoms with E-state index in [1.54, 1.807) is 11.3 Å². The SMILES string of the molecule is CC(C)(C)OC(=O)NCCC(=O)N1CCN(CCCc2nc(-c3cccs3)no2)CC1. The molecule has 10 heteroatoms. The number of carbonyl (C=O) groups excluding carboxylic acids is 2. The van der Waals surface area contributed by atoms with Gasteiger partial charge in [0.15, 0.2) is 0 Å². The Morgan fingerprint density at radius 1 is 1.26 bits per heavy atom. The van der Waals surface area contributed by atoms with Gasteiger partial charge in [0.1, 0.15) is 5.60 Å². The summed E-state index contributed by atoms with van der Waals surface area (Å²) in [5, 5.41) is 8.67. The molecule has 0 unspecified atom stereocenters. The molecule has 1 aliphatic heterocycles. The molecule has 0 bridgehead atoms. The van der Waals surface area contributed by atoms with Crippen molar-refractivity contribution in [3.8, 4) is 10.7 Å². The molecular formula is C21H31N5O4S. The van der Waals surface area contributed by atoms with Crippen LogP contribution in [0.5, 0.6) is 0 Å². The zero-order valence-corrected chi connectivity index (χ0v) is 19.2. The number of thiophene rings is 1. The first-order valence-corrected chi connectivity index (χ1v) is 11.5. The third kappa shape index (κ3) is 7.62. The molecular weight excluding hydrogens is 418 g/mol. The van der Waals surface area contributed by atoms with Crippen LogP contribution in [0, 0.1) is 0 Å². The van der Waals surface area contributed by atoms with Crippen molar-refractivity contribution in [3.63, 3.8) is 0 Å². The third-order valence-electron chi connectivity index (χ3n) is 4.81. The van der Waals surface area contributed by atoms with Gasteiger partial charge < -0.3 is 19.5 Å². The molecule has 0 radical (unpaired) electrons. The van der Waals surface area contributed by atoms with Crippen molar-refractivity contribution in [2.75, 3.05) is 39.3 Å². The Balaban J connectivity index is 1.29. The molecule has 3 rings (SSSR count). The minimum Gasteiger partial charge on any atom is -0.444 e. The van der Waals surface area contributed by atoms with E-state index in [9.17, 15) is 9.59 Å². The summed E-state index contributed by atoms with van der Waals surface area (Å²) in [5.41, 5.74) is -0.541. The highest BCUT2D eigenvalue weighted by molar-refractivity contribution is 7.13. The molecule has 31 heavy (non-hydrogen) atoms. The largest absolute Gasteiger partial charge is 0.444 e. The first kappa shape index (κ1) is 23.2. The molecule has 1 fully saturated rings. The van der Waals surface area contributed by atoms with Crippen LogP contribution in [0.25, 0.3) is 10.7 Å². The number of aryl methyl sites for hydroxylation is 1. The molecule has 3 heterocycles. The molecule has 0 saturated carbocycles. The molecule has 1 aliphatic rings. The number of aromatic nitrogens is 2. The lowest BCUT2D eigenvalue weighted by Crippen LogP contribution is -2.49. The van der Waals surface area contributed by atoms with E-state index in [2.05, 4.69) is 20.4 Å². The summed E-state index contributed by atoms with van der Waals surface area (Å²) < 4.78 is 10.5. The van der Waals surface area contributed by atoms with Crippen LogP contribution in [0.3, 0.4) is 0 Å². The minimum absolute atomic E-state index is 0.0580. The number of nitrogens with zero attached hydrogens (tertiary/aromatic N) is 4. The Hall–Kier alpha value is -2.46. The van der Waals surface area contributed by atoms with E-state index in [1.807, 2.05) is 43.2 Å². The average molecular weight is 450 g/mol. The maximum atomic E-state index is 12.4. The van der Waals surface area contributed by atoms with Crippen LogP contribution in [0.2, 0.25) is 0 Å². The molecule has 170 valence electrons. The Kier molecular flexibility index (Phi) is 8.03. The zero-order valence-electron chi connectivity index (χ0n) is 18.4. The highest BCUT2D eigenvalue weighted by atomic mass is 32.1. The average Bonchev–Trinajstić information content (AvgIpc) is 3.39. The van der Waals surface area contributed by atoms with Gasteiger partial charge in [-0.15, -0.1) is 11.3 Å². The number of amides is 2. The van der Waals surface area contributed by atoms with Crippen molar-refractivity contribution in [1.82, 2.24) is 25.3 Å². The second-order valence-electron chi connectivity index (χ2n) is 8.49. The van der Waals surface area contributed by atoms with Gasteiger partial charge >= 0.3 is 6.09 Å². The fourth-order valence-corrected chi connectivity index (χ4v) is 3.93. The summed E-state index contributed by atoms with van der Waals surface area (Å²) in [6.07, 6.45) is 1.46. The quantitative estimate of drug-likeness (QED) is 0.661. The zero-order chi connectivity index (χ0) is 22.3. The van der Waals surface area contributed by atoms with Crippen LogP contribution in [-0.2, 0) is 16.0 Å². The van der Waals surface area contributed by atoms with Gasteiger partial charge in [-0.25, -0.2) is 4.79 Å². The van der Waals surface area contributed by atoms with Crippen LogP contribution in [0.15, 0.2) is 22.0 Å². The summed E-state index contributed by atoms with van der Waals surface area (Å²) in [6, 6.07) is 3.95. The lowest BCUT2D eigenvalue weighted by Gasteiger charge is -2.34. The van der Waals surface area contributed by atoms with Crippen molar-refractivity contribution in [3.05, 3.63) is 23.4 Å². The molecule has 2 aromatic rings. The molecule has 0 aromatic carbocycles. The Labute approximate surface area is 186 Å². The summed E-state index contributed by atoms with van der Waals surface area (Å²) in [4.78, 5) is 33.7. The van der Waals surface area contributed by atoms with Crippen molar-refractivity contribution in [2.45, 2.75) is 45.6 Å². The number of hydrogen-bond donors (Lipinski definition) is 1. The Bertz CT molecular complexity index is 838. The Morgan fingerprint density at radius 2 is 2.03 bits per heavy atom. The molecule has 0 aliphatic carbocycles. The summed E-state index contributed by atoms with van der Waals surface area (Å²) in [6.45, 7) is 9.73. The van der Waals surface area contributed by atoms with Crippen molar-refractivity contribution in [2.24, 2.45) is 0 Å². The van der Waals surface area contributed by atoms with Crippen molar-refractivity contribution >= 4 is 23.3 Å². The fourth-order valence-electron chi connectivity index (χ4n) is 3.28. The monoisotopic (exact) mass is 449 g/mol. The van der Waals surface area contributed by atoms with Gasteiger partial charge in [-0.1, -0.05) is 11.2 Å². The number of piperazine rings is 1. The number of alkyl carbamates (subject to hydrolysis) is 1. The lowest BCUT2D eigenvalue weighted by atomic mass is 10.2. The van der Waals surface area contributed by atoms with Crippen molar-refractivity contribution < 1.29 is 18.8 Å². The number of carbonyl (C=O) groups is 2. The first-order chi connectivity index (χ1) is 14.8. The molecule has 0 spiro atoms. The van der Waals surface area contributed by atoms with Crippen LogP contribution in [0.1, 0.15) is 39.5 Å². The van der Waals surface area contributed by atoms with Crippen LogP contribution < -0.4 is 5.32 Å². The van der Waals surface area contributed by atoms with Gasteiger partial charge in [-0.05, 0) is 45.2 Å². The third-order valence-corrected chi connectivity index (χ3v) is 5.67. The van der Waals surface area contributed by atoms with E-state index in [0.717, 1.165) is 37.4 Å². The summed E-state index contributed by atoms with van der Waals surface area (Å²) >= 11 is 1.59. The number of hydrogen-bond acceptors (Lipinski definition) is 8. The Morgan fingerprint density at radius 3 is 2.71 bits per heavy atom. The maximum Gasteiger partial charge on any atom is 0.407 e. The number of rotatable bonds is 8. The van der Waals surface area contributed by atoms with E-state index < -0.39 is 11.7 Å². The lowest BCUT2D eigenvalue weighted by molar-refractivity contribution is -0.132. The van der Waals surface area contributed by atoms with E-state index in [4.69, 9.17) is 9.26 Å². The van der Waals surface area contributed by atoms with Gasteiger partial charge in [0.2, 0.25) is 17.6 Å². The maximum absolute atomic E-state index is 12.4. The number of nitrogens with one attached hydrogen (secondary N) is 1. The molecule has 1 saturated heterocycles. The van der Waals surface area contributed by atoms with Crippen LogP contribution >= 0.6 is 11.3 Å². The predicted molar refractivity (Wildman–Crippen MR) is 118 cm³/mol. The van der Waals surface area contributed by atoms with E-state index in [0.29, 0.717) is 24.8 Å². The predicted octanol–water partition coefficient (Wildman–Crippen LogP) is 2.79. The molecule has 2 amide bonds. The highest BCUT2D eigenvalue weighted by Gasteiger charge is 2.21. The van der Waals surface area contributed by atoms with E-state index in [-0.39, 0.29) is 18.9 Å².